The van der Waals surface area contributed by atoms with Crippen molar-refractivity contribution in [3.63, 3.8) is 0 Å². The Balaban J connectivity index is 0.000000243. The average Bonchev–Trinajstić information content (AvgIpc) is 3.56. The van der Waals surface area contributed by atoms with E-state index >= 15 is 0 Å². The van der Waals surface area contributed by atoms with Gasteiger partial charge in [-0.2, -0.15) is 0 Å². The fraction of sp³-hybridized carbons (Fsp3) is 0.200. The Morgan fingerprint density at radius 2 is 1.50 bits per heavy atom. The van der Waals surface area contributed by atoms with Gasteiger partial charge < -0.3 is 9.40 Å². The molecule has 0 aliphatic heterocycles. The molecule has 0 N–H and O–H groups in total. The molecule has 3 nitrogen and oxygen atoms in total. The number of pyridine rings is 2. The summed E-state index contributed by atoms with van der Waals surface area (Å²) >= 11 is -1.83. The maximum absolute atomic E-state index is 8.81. The van der Waals surface area contributed by atoms with Crippen LogP contribution in [0.1, 0.15) is 55.7 Å². The molecule has 1 radical (unpaired) electrons. The summed E-state index contributed by atoms with van der Waals surface area (Å²) in [6.07, 6.45) is 3.05. The van der Waals surface area contributed by atoms with Crippen molar-refractivity contribution < 1.29 is 38.2 Å². The SMILES string of the molecule is [2H]C([2H])([2H])c1c[c-]c(-c2cc[c]([Ge]([CH3])([CH3])[CH3])cn2)cc1.[2H]C([2H])([2H])c1cnc(-c2[c-]cc(C([2H])(C)C)c3c2oc2c4ccc5ccccc5c4ccc23)cc1C([2H])([2H])[2H].[Ir]. The van der Waals surface area contributed by atoms with Crippen molar-refractivity contribution in [1.29, 1.82) is 0 Å². The summed E-state index contributed by atoms with van der Waals surface area (Å²) in [5.74, 6) is 6.00. The first kappa shape index (κ1) is 25.0. The van der Waals surface area contributed by atoms with Crippen LogP contribution in [0.4, 0.5) is 0 Å². The van der Waals surface area contributed by atoms with Crippen LogP contribution in [0.15, 0.2) is 108 Å². The number of nitrogens with zero attached hydrogens (tertiary/aromatic N) is 2. The van der Waals surface area contributed by atoms with E-state index in [2.05, 4.69) is 63.6 Å². The third-order valence-corrected chi connectivity index (χ3v) is 13.1. The van der Waals surface area contributed by atoms with Gasteiger partial charge in [0, 0.05) is 46.7 Å². The molecule has 3 heterocycles. The first-order valence-corrected chi connectivity index (χ1v) is 23.5. The predicted molar refractivity (Wildman–Crippen MR) is 211 cm³/mol. The molecule has 3 aromatic heterocycles. The third-order valence-electron chi connectivity index (χ3n) is 8.85. The fourth-order valence-corrected chi connectivity index (χ4v) is 8.30. The van der Waals surface area contributed by atoms with E-state index in [9.17, 15) is 0 Å². The minimum Gasteiger partial charge on any atom is -0.500 e. The van der Waals surface area contributed by atoms with Crippen LogP contribution in [-0.4, -0.2) is 23.2 Å². The van der Waals surface area contributed by atoms with E-state index in [-0.39, 0.29) is 36.9 Å². The maximum atomic E-state index is 8.81. The molecular weight excluding hydrogens is 849 g/mol. The van der Waals surface area contributed by atoms with Crippen LogP contribution < -0.4 is 4.40 Å². The standard InChI is InChI=1S/C30H24NO.C15H18GeN.Ir/c1-17(2)21-11-13-25(27-15-18(3)19(4)16-31-27)30-28(21)26-14-12-23-22-8-6-5-7-20(22)9-10-24(23)29(26)32-30;1-12-5-7-13(8-6-12)15-10-9-14(11-17-15)16(2,3)4;/h5-12,14-17H,1-4H3;5-7,9-11H,1-4H3;/q2*-1;/i3D3,4D3,17D;1D3;. The monoisotopic (exact) mass is 903 g/mol. The maximum Gasteiger partial charge on any atom is 0.128 e. The van der Waals surface area contributed by atoms with Crippen LogP contribution in [0.3, 0.4) is 0 Å². The topological polar surface area (TPSA) is 38.9 Å². The van der Waals surface area contributed by atoms with Crippen LogP contribution >= 0.6 is 0 Å². The van der Waals surface area contributed by atoms with Gasteiger partial charge in [0.1, 0.15) is 5.58 Å². The van der Waals surface area contributed by atoms with Gasteiger partial charge in [-0.1, -0.05) is 90.9 Å². The van der Waals surface area contributed by atoms with E-state index in [1.54, 1.807) is 32.0 Å². The Labute approximate surface area is 325 Å². The fourth-order valence-electron chi connectivity index (χ4n) is 6.13. The van der Waals surface area contributed by atoms with Gasteiger partial charge in [0.05, 0.1) is 5.58 Å². The summed E-state index contributed by atoms with van der Waals surface area (Å²) in [6.45, 7) is -3.78. The van der Waals surface area contributed by atoms with E-state index in [4.69, 9.17) is 18.1 Å². The molecule has 8 rings (SSSR count). The van der Waals surface area contributed by atoms with E-state index in [0.29, 0.717) is 27.9 Å². The van der Waals surface area contributed by atoms with Crippen LogP contribution in [0, 0.1) is 32.7 Å². The molecule has 0 bridgehead atoms. The Morgan fingerprint density at radius 1 is 0.720 bits per heavy atom. The molecule has 0 fully saturated rings. The Morgan fingerprint density at radius 3 is 2.20 bits per heavy atom. The number of aromatic nitrogens is 2. The third kappa shape index (κ3) is 6.82. The number of furan rings is 1. The summed E-state index contributed by atoms with van der Waals surface area (Å²) in [6, 6.07) is 34.5. The first-order valence-electron chi connectivity index (χ1n) is 21.2. The smallest absolute Gasteiger partial charge is 0.128 e. The molecule has 5 heteroatoms. The average molecular weight is 902 g/mol. The molecule has 0 aliphatic rings. The zero-order chi connectivity index (χ0) is 42.9. The number of hydrogen-bond donors (Lipinski definition) is 0. The molecular formula is C45H42GeIrN2O-2. The van der Waals surface area contributed by atoms with Gasteiger partial charge in [0.2, 0.25) is 0 Å². The summed E-state index contributed by atoms with van der Waals surface area (Å²) in [5.41, 5.74) is 3.79. The Hall–Kier alpha value is -4.09. The van der Waals surface area contributed by atoms with Gasteiger partial charge >= 0.3 is 110 Å². The largest absolute Gasteiger partial charge is 0.500 e. The molecule has 0 unspecified atom stereocenters. The van der Waals surface area contributed by atoms with Crippen molar-refractivity contribution in [2.24, 2.45) is 0 Å². The van der Waals surface area contributed by atoms with Crippen LogP contribution in [0.25, 0.3) is 66.0 Å². The zero-order valence-electron chi connectivity index (χ0n) is 38.5. The molecule has 0 aliphatic carbocycles. The molecule has 0 saturated heterocycles. The molecule has 50 heavy (non-hydrogen) atoms. The van der Waals surface area contributed by atoms with Gasteiger partial charge in [-0.3, -0.25) is 0 Å². The van der Waals surface area contributed by atoms with Gasteiger partial charge in [-0.25, -0.2) is 0 Å². The second-order valence-electron chi connectivity index (χ2n) is 13.5. The summed E-state index contributed by atoms with van der Waals surface area (Å²) in [5, 5.41) is 5.70. The van der Waals surface area contributed by atoms with Crippen LogP contribution in [0.2, 0.25) is 17.3 Å². The molecule has 0 spiro atoms. The summed E-state index contributed by atoms with van der Waals surface area (Å²) in [4.78, 5) is 8.84. The molecule has 0 atom stereocenters. The number of aryl methyl sites for hydroxylation is 3. The number of fused-ring (bicyclic) bond motifs is 7. The summed E-state index contributed by atoms with van der Waals surface area (Å²) in [7, 11) is 0. The van der Waals surface area contributed by atoms with Gasteiger partial charge in [-0.05, 0) is 41.1 Å². The van der Waals surface area contributed by atoms with E-state index < -0.39 is 39.7 Å². The number of benzene rings is 5. The quantitative estimate of drug-likeness (QED) is 0.100. The normalized spacial score (nSPS) is 15.5. The molecule has 0 saturated carbocycles. The van der Waals surface area contributed by atoms with Crippen molar-refractivity contribution in [1.82, 2.24) is 9.97 Å². The van der Waals surface area contributed by atoms with Crippen molar-refractivity contribution in [3.8, 4) is 22.5 Å². The van der Waals surface area contributed by atoms with Crippen LogP contribution in [0.5, 0.6) is 0 Å². The molecule has 253 valence electrons. The summed E-state index contributed by atoms with van der Waals surface area (Å²) < 4.78 is 86.1. The van der Waals surface area contributed by atoms with Gasteiger partial charge in [0.15, 0.2) is 0 Å². The minimum absolute atomic E-state index is 0. The Bertz CT molecular complexity index is 2800. The van der Waals surface area contributed by atoms with E-state index in [0.717, 1.165) is 49.8 Å². The second-order valence-corrected chi connectivity index (χ2v) is 24.1. The van der Waals surface area contributed by atoms with Crippen molar-refractivity contribution in [2.75, 3.05) is 0 Å². The second kappa shape index (κ2) is 14.3. The minimum atomic E-state index is -2.66. The van der Waals surface area contributed by atoms with Crippen molar-refractivity contribution in [3.05, 3.63) is 138 Å². The van der Waals surface area contributed by atoms with Gasteiger partial charge in [-0.15, -0.1) is 17.7 Å². The predicted octanol–water partition coefficient (Wildman–Crippen LogP) is 11.9. The van der Waals surface area contributed by atoms with Gasteiger partial charge in [0.25, 0.3) is 0 Å². The molecule has 0 amide bonds. The van der Waals surface area contributed by atoms with Crippen molar-refractivity contribution in [2.45, 2.75) is 57.6 Å². The van der Waals surface area contributed by atoms with E-state index in [1.165, 1.54) is 16.5 Å². The van der Waals surface area contributed by atoms with Crippen molar-refractivity contribution >= 4 is 61.1 Å². The first-order chi connectivity index (χ1) is 27.4. The Kier molecular flexibility index (Phi) is 7.12. The number of hydrogen-bond acceptors (Lipinski definition) is 3. The number of rotatable bonds is 4. The molecule has 8 aromatic rings. The molecule has 5 aromatic carbocycles. The van der Waals surface area contributed by atoms with E-state index in [1.807, 2.05) is 42.6 Å². The van der Waals surface area contributed by atoms with Crippen LogP contribution in [-0.2, 0) is 20.1 Å². The zero-order valence-corrected chi connectivity index (χ0v) is 32.9.